The summed E-state index contributed by atoms with van der Waals surface area (Å²) in [7, 11) is 0. The minimum Gasteiger partial charge on any atom is -0.456 e. The second kappa shape index (κ2) is 7.59. The lowest BCUT2D eigenvalue weighted by Crippen LogP contribution is -2.27. The van der Waals surface area contributed by atoms with E-state index in [9.17, 15) is 14.4 Å². The van der Waals surface area contributed by atoms with Crippen LogP contribution in [0.25, 0.3) is 0 Å². The van der Waals surface area contributed by atoms with Crippen LogP contribution < -0.4 is 10.6 Å². The summed E-state index contributed by atoms with van der Waals surface area (Å²) < 4.78 is 4.84. The number of hydrogen-bond donors (Lipinski definition) is 2. The van der Waals surface area contributed by atoms with Crippen molar-refractivity contribution in [1.82, 2.24) is 5.32 Å². The minimum absolute atomic E-state index is 0.207. The molecular weight excluding hydrogens is 284 g/mol. The molecule has 1 aromatic rings. The first-order valence-electron chi connectivity index (χ1n) is 7.45. The molecule has 0 spiro atoms. The third kappa shape index (κ3) is 4.87. The molecule has 118 valence electrons. The highest BCUT2D eigenvalue weighted by Gasteiger charge is 2.25. The highest BCUT2D eigenvalue weighted by atomic mass is 16.5. The van der Waals surface area contributed by atoms with Crippen LogP contribution in [-0.2, 0) is 14.3 Å². The van der Waals surface area contributed by atoms with Crippen molar-refractivity contribution in [3.8, 4) is 0 Å². The normalized spacial score (nSPS) is 13.3. The SMILES string of the molecule is CCCC(=O)OCC(=O)Nc1ccccc1C(=O)NC1CC1. The molecule has 22 heavy (non-hydrogen) atoms. The molecule has 0 heterocycles. The summed E-state index contributed by atoms with van der Waals surface area (Å²) in [5.74, 6) is -1.07. The Balaban J connectivity index is 1.92. The highest BCUT2D eigenvalue weighted by molar-refractivity contribution is 6.04. The lowest BCUT2D eigenvalue weighted by Gasteiger charge is -2.11. The molecule has 0 radical (unpaired) electrons. The van der Waals surface area contributed by atoms with Gasteiger partial charge in [0.25, 0.3) is 11.8 Å². The zero-order valence-corrected chi connectivity index (χ0v) is 12.6. The van der Waals surface area contributed by atoms with Crippen LogP contribution in [0.5, 0.6) is 0 Å². The fourth-order valence-corrected chi connectivity index (χ4v) is 1.89. The zero-order chi connectivity index (χ0) is 15.9. The van der Waals surface area contributed by atoms with Crippen LogP contribution in [0.4, 0.5) is 5.69 Å². The average molecular weight is 304 g/mol. The summed E-state index contributed by atoms with van der Waals surface area (Å²) in [6, 6.07) is 7.00. The predicted octanol–water partition coefficient (Wildman–Crippen LogP) is 1.86. The Hall–Kier alpha value is -2.37. The third-order valence-electron chi connectivity index (χ3n) is 3.18. The first-order valence-corrected chi connectivity index (χ1v) is 7.45. The maximum atomic E-state index is 12.1. The molecule has 1 aromatic carbocycles. The summed E-state index contributed by atoms with van der Waals surface area (Å²) in [4.78, 5) is 35.1. The van der Waals surface area contributed by atoms with E-state index >= 15 is 0 Å². The van der Waals surface area contributed by atoms with Crippen molar-refractivity contribution in [2.45, 2.75) is 38.6 Å². The van der Waals surface area contributed by atoms with Crippen LogP contribution in [0.2, 0.25) is 0 Å². The van der Waals surface area contributed by atoms with Gasteiger partial charge in [0.1, 0.15) is 0 Å². The number of hydrogen-bond acceptors (Lipinski definition) is 4. The number of rotatable bonds is 7. The molecule has 2 N–H and O–H groups in total. The number of amides is 2. The van der Waals surface area contributed by atoms with Crippen molar-refractivity contribution < 1.29 is 19.1 Å². The number of benzene rings is 1. The monoisotopic (exact) mass is 304 g/mol. The van der Waals surface area contributed by atoms with Crippen LogP contribution in [-0.4, -0.2) is 30.4 Å². The summed E-state index contributed by atoms with van der Waals surface area (Å²) in [5, 5.41) is 5.48. The number of para-hydroxylation sites is 1. The Morgan fingerprint density at radius 2 is 1.95 bits per heavy atom. The van der Waals surface area contributed by atoms with Gasteiger partial charge in [0, 0.05) is 12.5 Å². The van der Waals surface area contributed by atoms with Crippen molar-refractivity contribution in [2.75, 3.05) is 11.9 Å². The minimum atomic E-state index is -0.462. The van der Waals surface area contributed by atoms with Crippen molar-refractivity contribution >= 4 is 23.5 Å². The molecule has 1 aliphatic carbocycles. The fraction of sp³-hybridized carbons (Fsp3) is 0.438. The number of carbonyl (C=O) groups is 3. The smallest absolute Gasteiger partial charge is 0.306 e. The predicted molar refractivity (Wildman–Crippen MR) is 81.4 cm³/mol. The third-order valence-corrected chi connectivity index (χ3v) is 3.18. The molecule has 6 nitrogen and oxygen atoms in total. The average Bonchev–Trinajstić information content (AvgIpc) is 3.30. The van der Waals surface area contributed by atoms with Gasteiger partial charge in [0.2, 0.25) is 0 Å². The van der Waals surface area contributed by atoms with Gasteiger partial charge in [-0.2, -0.15) is 0 Å². The van der Waals surface area contributed by atoms with Crippen molar-refractivity contribution in [3.05, 3.63) is 29.8 Å². The molecule has 6 heteroatoms. The summed E-state index contributed by atoms with van der Waals surface area (Å²) in [6.45, 7) is 1.51. The zero-order valence-electron chi connectivity index (χ0n) is 12.6. The van der Waals surface area contributed by atoms with E-state index in [-0.39, 0.29) is 25.0 Å². The van der Waals surface area contributed by atoms with Gasteiger partial charge in [-0.3, -0.25) is 14.4 Å². The summed E-state index contributed by atoms with van der Waals surface area (Å²) in [5.41, 5.74) is 0.819. The van der Waals surface area contributed by atoms with Gasteiger partial charge in [0.15, 0.2) is 6.61 Å². The first kappa shape index (κ1) is 16.0. The number of nitrogens with one attached hydrogen (secondary N) is 2. The van der Waals surface area contributed by atoms with Crippen LogP contribution in [0, 0.1) is 0 Å². The van der Waals surface area contributed by atoms with E-state index in [4.69, 9.17) is 4.74 Å². The lowest BCUT2D eigenvalue weighted by atomic mass is 10.1. The molecule has 0 bridgehead atoms. The lowest BCUT2D eigenvalue weighted by molar-refractivity contribution is -0.147. The number of carbonyl (C=O) groups excluding carboxylic acids is 3. The molecule has 2 amide bonds. The van der Waals surface area contributed by atoms with Crippen molar-refractivity contribution in [1.29, 1.82) is 0 Å². The Morgan fingerprint density at radius 3 is 2.64 bits per heavy atom. The molecule has 0 aromatic heterocycles. The molecule has 0 saturated heterocycles. The van der Waals surface area contributed by atoms with Gasteiger partial charge in [-0.1, -0.05) is 19.1 Å². The fourth-order valence-electron chi connectivity index (χ4n) is 1.89. The maximum Gasteiger partial charge on any atom is 0.306 e. The van der Waals surface area contributed by atoms with Gasteiger partial charge in [-0.05, 0) is 31.4 Å². The van der Waals surface area contributed by atoms with E-state index in [0.29, 0.717) is 17.7 Å². The molecular formula is C16H20N2O4. The summed E-state index contributed by atoms with van der Waals surface area (Å²) in [6.07, 6.45) is 2.94. The Bertz CT molecular complexity index is 567. The summed E-state index contributed by atoms with van der Waals surface area (Å²) >= 11 is 0. The van der Waals surface area contributed by atoms with Gasteiger partial charge < -0.3 is 15.4 Å². The molecule has 1 aliphatic rings. The van der Waals surface area contributed by atoms with E-state index < -0.39 is 11.9 Å². The first-order chi connectivity index (χ1) is 10.6. The molecule has 0 aliphatic heterocycles. The Morgan fingerprint density at radius 1 is 1.23 bits per heavy atom. The van der Waals surface area contributed by atoms with Gasteiger partial charge in [-0.15, -0.1) is 0 Å². The van der Waals surface area contributed by atoms with Gasteiger partial charge in [-0.25, -0.2) is 0 Å². The second-order valence-electron chi connectivity index (χ2n) is 5.25. The molecule has 1 fully saturated rings. The van der Waals surface area contributed by atoms with E-state index in [0.717, 1.165) is 12.8 Å². The maximum absolute atomic E-state index is 12.1. The Labute approximate surface area is 129 Å². The van der Waals surface area contributed by atoms with E-state index in [2.05, 4.69) is 10.6 Å². The molecule has 0 unspecified atom stereocenters. The van der Waals surface area contributed by atoms with Gasteiger partial charge in [0.05, 0.1) is 11.3 Å². The van der Waals surface area contributed by atoms with Crippen LogP contribution in [0.15, 0.2) is 24.3 Å². The van der Waals surface area contributed by atoms with Crippen LogP contribution in [0.1, 0.15) is 43.0 Å². The van der Waals surface area contributed by atoms with Gasteiger partial charge >= 0.3 is 5.97 Å². The van der Waals surface area contributed by atoms with Crippen molar-refractivity contribution in [3.63, 3.8) is 0 Å². The van der Waals surface area contributed by atoms with E-state index in [1.54, 1.807) is 24.3 Å². The van der Waals surface area contributed by atoms with E-state index in [1.807, 2.05) is 6.92 Å². The number of ether oxygens (including phenoxy) is 1. The Kier molecular flexibility index (Phi) is 5.52. The molecule has 2 rings (SSSR count). The highest BCUT2D eigenvalue weighted by Crippen LogP contribution is 2.21. The van der Waals surface area contributed by atoms with E-state index in [1.165, 1.54) is 0 Å². The largest absolute Gasteiger partial charge is 0.456 e. The molecule has 1 saturated carbocycles. The quantitative estimate of drug-likeness (QED) is 0.753. The topological polar surface area (TPSA) is 84.5 Å². The van der Waals surface area contributed by atoms with Crippen LogP contribution >= 0.6 is 0 Å². The number of esters is 1. The van der Waals surface area contributed by atoms with Crippen LogP contribution in [0.3, 0.4) is 0 Å². The number of anilines is 1. The molecule has 0 atom stereocenters. The van der Waals surface area contributed by atoms with Crippen molar-refractivity contribution in [2.24, 2.45) is 0 Å². The standard InChI is InChI=1S/C16H20N2O4/c1-2-5-15(20)22-10-14(19)18-13-7-4-3-6-12(13)16(21)17-11-8-9-11/h3-4,6-7,11H,2,5,8-10H2,1H3,(H,17,21)(H,18,19). The second-order valence-corrected chi connectivity index (χ2v) is 5.25.